The maximum absolute atomic E-state index is 14.9. The van der Waals surface area contributed by atoms with Gasteiger partial charge in [0.1, 0.15) is 17.0 Å². The standard InChI is InChI=1S/C36H37FN8/c1-3-7-23(2)40-29-19-27(21-38-22-29)25-9-10-31-30(20-25)34(44-43-31)36-41-32-11-12-39-33(35(32)42-36)26-16-24(17-28(37)18-26)8-6-15-45-13-4-5-14-45/h9-12,16-22,40H,2-8,13-15H2,1H3,(H,41,42)(H,43,44). The van der Waals surface area contributed by atoms with E-state index in [1.54, 1.807) is 18.3 Å². The van der Waals surface area contributed by atoms with E-state index >= 15 is 0 Å². The highest BCUT2D eigenvalue weighted by atomic mass is 19.1. The van der Waals surface area contributed by atoms with Crippen LogP contribution in [0.2, 0.25) is 0 Å². The van der Waals surface area contributed by atoms with Gasteiger partial charge >= 0.3 is 0 Å². The van der Waals surface area contributed by atoms with Crippen LogP contribution in [0.1, 0.15) is 44.6 Å². The number of aryl methyl sites for hydroxylation is 1. The number of nitrogens with zero attached hydrogens (tertiary/aromatic N) is 5. The van der Waals surface area contributed by atoms with E-state index in [0.717, 1.165) is 82.3 Å². The molecule has 3 N–H and O–H groups in total. The van der Waals surface area contributed by atoms with Crippen LogP contribution in [-0.2, 0) is 6.42 Å². The highest BCUT2D eigenvalue weighted by Crippen LogP contribution is 2.33. The average molecular weight is 601 g/mol. The van der Waals surface area contributed by atoms with E-state index in [0.29, 0.717) is 22.7 Å². The number of aromatic amines is 2. The zero-order chi connectivity index (χ0) is 30.8. The van der Waals surface area contributed by atoms with Crippen LogP contribution in [0.3, 0.4) is 0 Å². The molecule has 6 aromatic rings. The Bertz CT molecular complexity index is 1980. The number of rotatable bonds is 11. The van der Waals surface area contributed by atoms with Crippen LogP contribution in [0.5, 0.6) is 0 Å². The Hall–Kier alpha value is -4.89. The summed E-state index contributed by atoms with van der Waals surface area (Å²) in [5.74, 6) is 0.363. The summed E-state index contributed by atoms with van der Waals surface area (Å²) in [6.07, 6.45) is 11.7. The third-order valence-corrected chi connectivity index (χ3v) is 8.50. The normalized spacial score (nSPS) is 13.6. The fourth-order valence-electron chi connectivity index (χ4n) is 6.31. The summed E-state index contributed by atoms with van der Waals surface area (Å²) >= 11 is 0. The molecule has 228 valence electrons. The van der Waals surface area contributed by atoms with Crippen LogP contribution in [0.15, 0.2) is 79.4 Å². The number of imidazole rings is 1. The molecular weight excluding hydrogens is 563 g/mol. The molecule has 5 heterocycles. The highest BCUT2D eigenvalue weighted by Gasteiger charge is 2.18. The maximum atomic E-state index is 14.9. The number of aromatic nitrogens is 6. The van der Waals surface area contributed by atoms with Gasteiger partial charge in [-0.3, -0.25) is 15.1 Å². The van der Waals surface area contributed by atoms with Crippen LogP contribution in [-0.4, -0.2) is 54.7 Å². The molecule has 9 heteroatoms. The van der Waals surface area contributed by atoms with Gasteiger partial charge in [0.15, 0.2) is 5.82 Å². The zero-order valence-corrected chi connectivity index (χ0v) is 25.5. The van der Waals surface area contributed by atoms with Crippen molar-refractivity contribution >= 4 is 27.6 Å². The summed E-state index contributed by atoms with van der Waals surface area (Å²) in [4.78, 5) is 20.0. The predicted molar refractivity (Wildman–Crippen MR) is 179 cm³/mol. The van der Waals surface area contributed by atoms with Crippen molar-refractivity contribution in [3.63, 3.8) is 0 Å². The Morgan fingerprint density at radius 3 is 2.73 bits per heavy atom. The first-order valence-corrected chi connectivity index (χ1v) is 15.8. The molecule has 1 aliphatic heterocycles. The van der Waals surface area contributed by atoms with E-state index in [-0.39, 0.29) is 5.82 Å². The summed E-state index contributed by atoms with van der Waals surface area (Å²) in [5, 5.41) is 12.1. The van der Waals surface area contributed by atoms with Crippen molar-refractivity contribution in [2.75, 3.05) is 25.0 Å². The molecule has 0 unspecified atom stereocenters. The number of benzene rings is 2. The molecule has 1 saturated heterocycles. The Morgan fingerprint density at radius 1 is 0.978 bits per heavy atom. The van der Waals surface area contributed by atoms with Gasteiger partial charge < -0.3 is 15.2 Å². The summed E-state index contributed by atoms with van der Waals surface area (Å²) in [6, 6.07) is 15.4. The second kappa shape index (κ2) is 12.6. The molecule has 2 aromatic carbocycles. The Labute approximate surface area is 261 Å². The minimum absolute atomic E-state index is 0.257. The van der Waals surface area contributed by atoms with Gasteiger partial charge in [-0.15, -0.1) is 0 Å². The van der Waals surface area contributed by atoms with Crippen molar-refractivity contribution in [2.24, 2.45) is 0 Å². The molecule has 0 atom stereocenters. The van der Waals surface area contributed by atoms with E-state index in [1.165, 1.54) is 25.9 Å². The monoisotopic (exact) mass is 600 g/mol. The van der Waals surface area contributed by atoms with Gasteiger partial charge in [-0.2, -0.15) is 5.10 Å². The lowest BCUT2D eigenvalue weighted by Gasteiger charge is -2.14. The first-order valence-electron chi connectivity index (χ1n) is 15.8. The molecule has 8 nitrogen and oxygen atoms in total. The first kappa shape index (κ1) is 28.9. The van der Waals surface area contributed by atoms with E-state index in [2.05, 4.69) is 67.1 Å². The number of halogens is 1. The van der Waals surface area contributed by atoms with Crippen molar-refractivity contribution in [2.45, 2.75) is 45.4 Å². The van der Waals surface area contributed by atoms with E-state index in [4.69, 9.17) is 4.98 Å². The van der Waals surface area contributed by atoms with E-state index in [1.807, 2.05) is 30.6 Å². The molecule has 0 spiro atoms. The van der Waals surface area contributed by atoms with Crippen LogP contribution in [0.25, 0.3) is 55.8 Å². The lowest BCUT2D eigenvalue weighted by atomic mass is 10.0. The number of pyridine rings is 2. The van der Waals surface area contributed by atoms with Crippen molar-refractivity contribution in [1.29, 1.82) is 0 Å². The highest BCUT2D eigenvalue weighted by molar-refractivity contribution is 5.97. The third kappa shape index (κ3) is 6.21. The van der Waals surface area contributed by atoms with Crippen molar-refractivity contribution < 1.29 is 4.39 Å². The quantitative estimate of drug-likeness (QED) is 0.139. The largest absolute Gasteiger partial charge is 0.358 e. The number of hydrogen-bond acceptors (Lipinski definition) is 6. The van der Waals surface area contributed by atoms with Gasteiger partial charge in [0.2, 0.25) is 0 Å². The summed E-state index contributed by atoms with van der Waals surface area (Å²) in [7, 11) is 0. The van der Waals surface area contributed by atoms with Gasteiger partial charge in [0.05, 0.1) is 28.6 Å². The number of fused-ring (bicyclic) bond motifs is 2. The third-order valence-electron chi connectivity index (χ3n) is 8.50. The van der Waals surface area contributed by atoms with Crippen molar-refractivity contribution in [1.82, 2.24) is 35.0 Å². The minimum Gasteiger partial charge on any atom is -0.358 e. The fourth-order valence-corrected chi connectivity index (χ4v) is 6.31. The summed E-state index contributed by atoms with van der Waals surface area (Å²) in [5.41, 5.74) is 9.33. The number of H-pyrrole nitrogens is 2. The molecule has 1 aliphatic rings. The first-order chi connectivity index (χ1) is 22.0. The average Bonchev–Trinajstić information content (AvgIpc) is 3.80. The molecule has 0 bridgehead atoms. The van der Waals surface area contributed by atoms with E-state index in [9.17, 15) is 4.39 Å². The van der Waals surface area contributed by atoms with Crippen LogP contribution in [0.4, 0.5) is 10.1 Å². The lowest BCUT2D eigenvalue weighted by molar-refractivity contribution is 0.334. The fraction of sp³-hybridized carbons (Fsp3) is 0.278. The maximum Gasteiger partial charge on any atom is 0.159 e. The van der Waals surface area contributed by atoms with Crippen molar-refractivity contribution in [3.8, 4) is 33.9 Å². The number of anilines is 1. The molecular formula is C36H37FN8. The van der Waals surface area contributed by atoms with Gasteiger partial charge in [0, 0.05) is 34.6 Å². The minimum atomic E-state index is -0.257. The zero-order valence-electron chi connectivity index (χ0n) is 25.5. The predicted octanol–water partition coefficient (Wildman–Crippen LogP) is 8.12. The molecule has 4 aromatic heterocycles. The number of allylic oxidation sites excluding steroid dienone is 1. The molecule has 7 rings (SSSR count). The van der Waals surface area contributed by atoms with Crippen LogP contribution >= 0.6 is 0 Å². The number of hydrogen-bond donors (Lipinski definition) is 3. The van der Waals surface area contributed by atoms with Gasteiger partial charge in [-0.1, -0.05) is 26.0 Å². The smallest absolute Gasteiger partial charge is 0.159 e. The Morgan fingerprint density at radius 2 is 1.87 bits per heavy atom. The Balaban J connectivity index is 1.19. The van der Waals surface area contributed by atoms with E-state index < -0.39 is 0 Å². The lowest BCUT2D eigenvalue weighted by Crippen LogP contribution is -2.20. The number of nitrogens with one attached hydrogen (secondary N) is 3. The second-order valence-corrected chi connectivity index (χ2v) is 11.9. The van der Waals surface area contributed by atoms with Gasteiger partial charge in [-0.25, -0.2) is 9.37 Å². The summed E-state index contributed by atoms with van der Waals surface area (Å²) in [6.45, 7) is 9.64. The SMILES string of the molecule is C=C(CCC)Nc1cncc(-c2ccc3[nH]nc(-c4nc5c(-c6cc(F)cc(CCCN7CCCC7)c6)nccc5[nH]4)c3c2)c1. The topological polar surface area (TPSA) is 98.4 Å². The van der Waals surface area contributed by atoms with Crippen LogP contribution < -0.4 is 5.32 Å². The van der Waals surface area contributed by atoms with Crippen molar-refractivity contribution in [3.05, 3.63) is 90.8 Å². The number of likely N-dealkylation sites (tertiary alicyclic amines) is 1. The molecule has 0 amide bonds. The molecule has 0 aliphatic carbocycles. The molecule has 1 fully saturated rings. The molecule has 0 radical (unpaired) electrons. The second-order valence-electron chi connectivity index (χ2n) is 11.9. The Kier molecular flexibility index (Phi) is 8.09. The summed E-state index contributed by atoms with van der Waals surface area (Å²) < 4.78 is 14.9. The van der Waals surface area contributed by atoms with Gasteiger partial charge in [-0.05, 0) is 105 Å². The van der Waals surface area contributed by atoms with Crippen LogP contribution in [0, 0.1) is 5.82 Å². The molecule has 0 saturated carbocycles. The van der Waals surface area contributed by atoms with Gasteiger partial charge in [0.25, 0.3) is 0 Å². The molecule has 45 heavy (non-hydrogen) atoms.